The highest BCUT2D eigenvalue weighted by Gasteiger charge is 2.19. The van der Waals surface area contributed by atoms with E-state index in [0.29, 0.717) is 19.7 Å². The molecule has 0 aliphatic heterocycles. The lowest BCUT2D eigenvalue weighted by molar-refractivity contribution is -0.149. The Morgan fingerprint density at radius 2 is 1.03 bits per heavy atom. The van der Waals surface area contributed by atoms with E-state index in [1.807, 2.05) is 0 Å². The fraction of sp³-hybridized carbons (Fsp3) is 0.941. The number of nitrogens with zero attached hydrogens (tertiary/aromatic N) is 1. The van der Waals surface area contributed by atoms with Crippen LogP contribution in [0.4, 0.5) is 0 Å². The number of hydrogen-bond acceptors (Lipinski definition) is 5. The second-order valence-corrected chi connectivity index (χ2v) is 11.6. The molecule has 0 fully saturated rings. The van der Waals surface area contributed by atoms with Crippen LogP contribution in [-0.2, 0) is 19.1 Å². The summed E-state index contributed by atoms with van der Waals surface area (Å²) in [6, 6.07) is 0. The molecule has 232 valence electrons. The van der Waals surface area contributed by atoms with Crippen LogP contribution in [0.2, 0.25) is 0 Å². The third-order valence-electron chi connectivity index (χ3n) is 7.85. The van der Waals surface area contributed by atoms with Crippen molar-refractivity contribution in [3.63, 3.8) is 0 Å². The highest BCUT2D eigenvalue weighted by molar-refractivity contribution is 5.72. The van der Waals surface area contributed by atoms with Crippen LogP contribution in [0.1, 0.15) is 168 Å². The summed E-state index contributed by atoms with van der Waals surface area (Å²) in [6.45, 7) is 12.1. The molecule has 5 heteroatoms. The fourth-order valence-electron chi connectivity index (χ4n) is 5.38. The van der Waals surface area contributed by atoms with Gasteiger partial charge in [0.05, 0.1) is 19.1 Å². The van der Waals surface area contributed by atoms with E-state index < -0.39 is 0 Å². The summed E-state index contributed by atoms with van der Waals surface area (Å²) in [4.78, 5) is 25.6. The molecule has 0 bridgehead atoms. The molecule has 1 unspecified atom stereocenters. The van der Waals surface area contributed by atoms with Crippen molar-refractivity contribution in [2.45, 2.75) is 168 Å². The maximum absolute atomic E-state index is 12.8. The van der Waals surface area contributed by atoms with Gasteiger partial charge in [0.25, 0.3) is 6.47 Å². The van der Waals surface area contributed by atoms with Gasteiger partial charge in [0.2, 0.25) is 0 Å². The summed E-state index contributed by atoms with van der Waals surface area (Å²) >= 11 is 0. The van der Waals surface area contributed by atoms with Gasteiger partial charge < -0.3 is 14.4 Å². The van der Waals surface area contributed by atoms with Crippen LogP contribution in [0.5, 0.6) is 0 Å². The number of rotatable bonds is 32. The molecule has 0 saturated heterocycles. The smallest absolute Gasteiger partial charge is 0.308 e. The number of esters is 1. The molecule has 5 nitrogen and oxygen atoms in total. The minimum atomic E-state index is 0.0737. The SMILES string of the molecule is CCCCCCCCC(CCCCCC)C(=O)OCCCCCCCN(CCC)CCCCCCCOC=O. The first-order valence-electron chi connectivity index (χ1n) is 17.1. The number of unbranched alkanes of at least 4 members (excludes halogenated alkanes) is 16. The summed E-state index contributed by atoms with van der Waals surface area (Å²) in [5, 5.41) is 0. The van der Waals surface area contributed by atoms with Crippen LogP contribution < -0.4 is 0 Å². The van der Waals surface area contributed by atoms with Gasteiger partial charge in [-0.15, -0.1) is 0 Å². The van der Waals surface area contributed by atoms with Gasteiger partial charge in [-0.2, -0.15) is 0 Å². The van der Waals surface area contributed by atoms with Crippen molar-refractivity contribution < 1.29 is 19.1 Å². The van der Waals surface area contributed by atoms with Crippen LogP contribution in [0.25, 0.3) is 0 Å². The van der Waals surface area contributed by atoms with E-state index in [2.05, 4.69) is 25.7 Å². The van der Waals surface area contributed by atoms with E-state index in [0.717, 1.165) is 44.9 Å². The van der Waals surface area contributed by atoms with Crippen molar-refractivity contribution >= 4 is 12.4 Å². The van der Waals surface area contributed by atoms with E-state index in [-0.39, 0.29) is 11.9 Å². The lowest BCUT2D eigenvalue weighted by Crippen LogP contribution is -2.27. The number of ether oxygens (including phenoxy) is 2. The van der Waals surface area contributed by atoms with Crippen molar-refractivity contribution in [2.24, 2.45) is 5.92 Å². The largest absolute Gasteiger partial charge is 0.468 e. The zero-order valence-electron chi connectivity index (χ0n) is 26.5. The average Bonchev–Trinajstić information content (AvgIpc) is 2.94. The summed E-state index contributed by atoms with van der Waals surface area (Å²) in [5.41, 5.74) is 0. The second-order valence-electron chi connectivity index (χ2n) is 11.6. The normalized spacial score (nSPS) is 12.1. The molecular weight excluding hydrogens is 486 g/mol. The molecular formula is C34H67NO4. The maximum Gasteiger partial charge on any atom is 0.308 e. The van der Waals surface area contributed by atoms with E-state index in [1.54, 1.807) is 0 Å². The molecule has 0 saturated carbocycles. The Kier molecular flexibility index (Phi) is 30.5. The van der Waals surface area contributed by atoms with E-state index >= 15 is 0 Å². The maximum atomic E-state index is 12.8. The fourth-order valence-corrected chi connectivity index (χ4v) is 5.38. The zero-order valence-corrected chi connectivity index (χ0v) is 26.5. The second kappa shape index (κ2) is 31.4. The zero-order chi connectivity index (χ0) is 28.7. The van der Waals surface area contributed by atoms with Gasteiger partial charge in [-0.05, 0) is 64.6 Å². The molecule has 39 heavy (non-hydrogen) atoms. The summed E-state index contributed by atoms with van der Waals surface area (Å²) in [6.07, 6.45) is 27.7. The Morgan fingerprint density at radius 3 is 1.56 bits per heavy atom. The van der Waals surface area contributed by atoms with Crippen LogP contribution in [0.15, 0.2) is 0 Å². The molecule has 0 spiro atoms. The first-order chi connectivity index (χ1) is 19.2. The summed E-state index contributed by atoms with van der Waals surface area (Å²) in [7, 11) is 0. The van der Waals surface area contributed by atoms with Crippen LogP contribution in [0.3, 0.4) is 0 Å². The van der Waals surface area contributed by atoms with Crippen molar-refractivity contribution in [3.8, 4) is 0 Å². The topological polar surface area (TPSA) is 55.8 Å². The molecule has 1 atom stereocenters. The first-order valence-corrected chi connectivity index (χ1v) is 17.1. The number of carbonyl (C=O) groups is 2. The lowest BCUT2D eigenvalue weighted by Gasteiger charge is -2.21. The first kappa shape index (κ1) is 37.9. The molecule has 0 heterocycles. The van der Waals surface area contributed by atoms with Crippen molar-refractivity contribution in [1.82, 2.24) is 4.90 Å². The Balaban J connectivity index is 3.95. The Bertz CT molecular complexity index is 513. The van der Waals surface area contributed by atoms with Crippen LogP contribution >= 0.6 is 0 Å². The molecule has 0 aliphatic rings. The van der Waals surface area contributed by atoms with Gasteiger partial charge >= 0.3 is 5.97 Å². The molecule has 0 amide bonds. The average molecular weight is 554 g/mol. The standard InChI is InChI=1S/C34H67NO4/c1-4-7-9-11-14-20-26-33(25-19-10-8-5-2)34(37)39-31-24-18-13-16-22-29-35(27-6-3)28-21-15-12-17-23-30-38-32-36/h32-33H,4-31H2,1-3H3. The van der Waals surface area contributed by atoms with Crippen molar-refractivity contribution in [3.05, 3.63) is 0 Å². The third-order valence-corrected chi connectivity index (χ3v) is 7.85. The van der Waals surface area contributed by atoms with Gasteiger partial charge in [0, 0.05) is 0 Å². The van der Waals surface area contributed by atoms with Gasteiger partial charge in [-0.1, -0.05) is 124 Å². The summed E-state index contributed by atoms with van der Waals surface area (Å²) < 4.78 is 10.5. The van der Waals surface area contributed by atoms with Gasteiger partial charge in [0.1, 0.15) is 0 Å². The van der Waals surface area contributed by atoms with E-state index in [1.165, 1.54) is 122 Å². The Morgan fingerprint density at radius 1 is 0.564 bits per heavy atom. The molecule has 0 rings (SSSR count). The molecule has 0 aromatic heterocycles. The van der Waals surface area contributed by atoms with Crippen LogP contribution in [-0.4, -0.2) is 50.2 Å². The Hall–Kier alpha value is -1.10. The molecule has 0 aromatic rings. The molecule has 0 radical (unpaired) electrons. The third kappa shape index (κ3) is 26.9. The van der Waals surface area contributed by atoms with Gasteiger partial charge in [-0.3, -0.25) is 9.59 Å². The van der Waals surface area contributed by atoms with E-state index in [9.17, 15) is 9.59 Å². The highest BCUT2D eigenvalue weighted by atomic mass is 16.5. The summed E-state index contributed by atoms with van der Waals surface area (Å²) in [5.74, 6) is 0.193. The van der Waals surface area contributed by atoms with Gasteiger partial charge in [-0.25, -0.2) is 0 Å². The number of hydrogen-bond donors (Lipinski definition) is 0. The quantitative estimate of drug-likeness (QED) is 0.0471. The molecule has 0 aromatic carbocycles. The highest BCUT2D eigenvalue weighted by Crippen LogP contribution is 2.21. The lowest BCUT2D eigenvalue weighted by atomic mass is 9.94. The van der Waals surface area contributed by atoms with Gasteiger partial charge in [0.15, 0.2) is 0 Å². The molecule has 0 aliphatic carbocycles. The predicted molar refractivity (Wildman–Crippen MR) is 166 cm³/mol. The van der Waals surface area contributed by atoms with Crippen molar-refractivity contribution in [2.75, 3.05) is 32.8 Å². The predicted octanol–water partition coefficient (Wildman–Crippen LogP) is 9.65. The Labute approximate surface area is 243 Å². The molecule has 0 N–H and O–H groups in total. The van der Waals surface area contributed by atoms with E-state index in [4.69, 9.17) is 9.47 Å². The minimum absolute atomic E-state index is 0.0737. The van der Waals surface area contributed by atoms with Crippen LogP contribution in [0, 0.1) is 5.92 Å². The minimum Gasteiger partial charge on any atom is -0.468 e. The van der Waals surface area contributed by atoms with Crippen molar-refractivity contribution in [1.29, 1.82) is 0 Å². The monoisotopic (exact) mass is 554 g/mol. The number of carbonyl (C=O) groups excluding carboxylic acids is 2.